The molecule has 1 fully saturated rings. The predicted molar refractivity (Wildman–Crippen MR) is 98.7 cm³/mol. The normalized spacial score (nSPS) is 16.9. The van der Waals surface area contributed by atoms with E-state index in [-0.39, 0.29) is 17.8 Å². The maximum atomic E-state index is 13.0. The first-order chi connectivity index (χ1) is 12.6. The first kappa shape index (κ1) is 18.0. The molecule has 0 aliphatic carbocycles. The summed E-state index contributed by atoms with van der Waals surface area (Å²) in [7, 11) is 3.25. The number of benzene rings is 2. The molecular formula is C21H22FNO3. The summed E-state index contributed by atoms with van der Waals surface area (Å²) >= 11 is 0. The van der Waals surface area contributed by atoms with E-state index in [9.17, 15) is 9.18 Å². The molecule has 1 heterocycles. The number of amides is 1. The van der Waals surface area contributed by atoms with Crippen molar-refractivity contribution in [2.45, 2.75) is 18.9 Å². The SMILES string of the molecule is COc1ccc(OC)c(C2CCCN2C(=O)/C=C/c2ccc(F)cc2)c1. The van der Waals surface area contributed by atoms with E-state index in [1.165, 1.54) is 18.2 Å². The lowest BCUT2D eigenvalue weighted by molar-refractivity contribution is -0.126. The van der Waals surface area contributed by atoms with Crippen LogP contribution in [0.3, 0.4) is 0 Å². The first-order valence-electron chi connectivity index (χ1n) is 8.58. The molecule has 1 saturated heterocycles. The Labute approximate surface area is 152 Å². The van der Waals surface area contributed by atoms with E-state index in [1.54, 1.807) is 32.4 Å². The van der Waals surface area contributed by atoms with Crippen LogP contribution in [0.5, 0.6) is 11.5 Å². The number of carbonyl (C=O) groups is 1. The van der Waals surface area contributed by atoms with E-state index in [2.05, 4.69) is 0 Å². The van der Waals surface area contributed by atoms with E-state index < -0.39 is 0 Å². The molecule has 3 rings (SSSR count). The van der Waals surface area contributed by atoms with Crippen molar-refractivity contribution >= 4 is 12.0 Å². The van der Waals surface area contributed by atoms with Crippen LogP contribution in [0.2, 0.25) is 0 Å². The Bertz CT molecular complexity index is 801. The minimum atomic E-state index is -0.293. The highest BCUT2D eigenvalue weighted by Gasteiger charge is 2.31. The average molecular weight is 355 g/mol. The number of nitrogens with zero attached hydrogens (tertiary/aromatic N) is 1. The zero-order valence-corrected chi connectivity index (χ0v) is 14.9. The molecule has 0 aromatic heterocycles. The first-order valence-corrected chi connectivity index (χ1v) is 8.58. The molecule has 1 aliphatic rings. The van der Waals surface area contributed by atoms with Gasteiger partial charge in [0.2, 0.25) is 5.91 Å². The standard InChI is InChI=1S/C21H22FNO3/c1-25-17-10-11-20(26-2)18(14-17)19-4-3-13-23(19)21(24)12-7-15-5-8-16(22)9-6-15/h5-12,14,19H,3-4,13H2,1-2H3/b12-7+. The number of rotatable bonds is 5. The summed E-state index contributed by atoms with van der Waals surface area (Å²) in [5.74, 6) is 1.12. The molecule has 1 aliphatic heterocycles. The van der Waals surface area contributed by atoms with Gasteiger partial charge < -0.3 is 14.4 Å². The van der Waals surface area contributed by atoms with Crippen LogP contribution in [0.4, 0.5) is 4.39 Å². The number of halogens is 1. The molecule has 1 amide bonds. The second kappa shape index (κ2) is 8.04. The lowest BCUT2D eigenvalue weighted by atomic mass is 10.0. The van der Waals surface area contributed by atoms with Gasteiger partial charge in [-0.25, -0.2) is 4.39 Å². The molecule has 0 radical (unpaired) electrons. The van der Waals surface area contributed by atoms with E-state index >= 15 is 0 Å². The minimum absolute atomic E-state index is 0.0505. The van der Waals surface area contributed by atoms with E-state index in [1.807, 2.05) is 23.1 Å². The Balaban J connectivity index is 1.81. The van der Waals surface area contributed by atoms with Crippen molar-refractivity contribution in [3.05, 3.63) is 65.5 Å². The second-order valence-corrected chi connectivity index (χ2v) is 6.18. The maximum Gasteiger partial charge on any atom is 0.247 e. The lowest BCUT2D eigenvalue weighted by Crippen LogP contribution is -2.29. The van der Waals surface area contributed by atoms with Crippen molar-refractivity contribution in [1.29, 1.82) is 0 Å². The van der Waals surface area contributed by atoms with Gasteiger partial charge in [0.15, 0.2) is 0 Å². The van der Waals surface area contributed by atoms with E-state index in [0.717, 1.165) is 35.5 Å². The Morgan fingerprint density at radius 2 is 1.92 bits per heavy atom. The second-order valence-electron chi connectivity index (χ2n) is 6.18. The summed E-state index contributed by atoms with van der Waals surface area (Å²) in [6.45, 7) is 0.692. The number of hydrogen-bond donors (Lipinski definition) is 0. The predicted octanol–water partition coefficient (Wildman–Crippen LogP) is 4.22. The van der Waals surface area contributed by atoms with E-state index in [4.69, 9.17) is 9.47 Å². The van der Waals surface area contributed by atoms with Gasteiger partial charge in [0.05, 0.1) is 20.3 Å². The average Bonchev–Trinajstić information content (AvgIpc) is 3.16. The molecule has 0 saturated carbocycles. The molecule has 2 aromatic rings. The highest BCUT2D eigenvalue weighted by atomic mass is 19.1. The van der Waals surface area contributed by atoms with Gasteiger partial charge in [-0.05, 0) is 54.8 Å². The fourth-order valence-electron chi connectivity index (χ4n) is 3.29. The molecule has 5 heteroatoms. The van der Waals surface area contributed by atoms with Crippen LogP contribution in [0.15, 0.2) is 48.5 Å². The zero-order chi connectivity index (χ0) is 18.5. The smallest absolute Gasteiger partial charge is 0.247 e. The fourth-order valence-corrected chi connectivity index (χ4v) is 3.29. The summed E-state index contributed by atoms with van der Waals surface area (Å²) in [6.07, 6.45) is 5.05. The zero-order valence-electron chi connectivity index (χ0n) is 14.9. The molecule has 0 N–H and O–H groups in total. The van der Waals surface area contributed by atoms with Crippen LogP contribution in [-0.2, 0) is 4.79 Å². The van der Waals surface area contributed by atoms with Gasteiger partial charge in [-0.3, -0.25) is 4.79 Å². The van der Waals surface area contributed by atoms with Crippen molar-refractivity contribution in [2.75, 3.05) is 20.8 Å². The molecule has 0 bridgehead atoms. The van der Waals surface area contributed by atoms with Crippen molar-refractivity contribution < 1.29 is 18.7 Å². The summed E-state index contributed by atoms with van der Waals surface area (Å²) in [6, 6.07) is 11.6. The third kappa shape index (κ3) is 3.87. The number of likely N-dealkylation sites (tertiary alicyclic amines) is 1. The van der Waals surface area contributed by atoms with Crippen LogP contribution in [-0.4, -0.2) is 31.6 Å². The monoisotopic (exact) mass is 355 g/mol. The largest absolute Gasteiger partial charge is 0.497 e. The lowest BCUT2D eigenvalue weighted by Gasteiger charge is -2.25. The molecule has 1 atom stereocenters. The maximum absolute atomic E-state index is 13.0. The van der Waals surface area contributed by atoms with Gasteiger partial charge in [0, 0.05) is 18.2 Å². The fraction of sp³-hybridized carbons (Fsp3) is 0.286. The Kier molecular flexibility index (Phi) is 5.56. The molecule has 0 spiro atoms. The van der Waals surface area contributed by atoms with Crippen LogP contribution < -0.4 is 9.47 Å². The number of methoxy groups -OCH3 is 2. The number of hydrogen-bond acceptors (Lipinski definition) is 3. The molecule has 2 aromatic carbocycles. The Morgan fingerprint density at radius 1 is 1.15 bits per heavy atom. The van der Waals surface area contributed by atoms with Crippen LogP contribution in [0, 0.1) is 5.82 Å². The Morgan fingerprint density at radius 3 is 2.62 bits per heavy atom. The summed E-state index contributed by atoms with van der Waals surface area (Å²) in [5, 5.41) is 0. The number of carbonyl (C=O) groups excluding carboxylic acids is 1. The van der Waals surface area contributed by atoms with E-state index in [0.29, 0.717) is 6.54 Å². The van der Waals surface area contributed by atoms with Crippen molar-refractivity contribution in [3.8, 4) is 11.5 Å². The van der Waals surface area contributed by atoms with Gasteiger partial charge in [-0.15, -0.1) is 0 Å². The highest BCUT2D eigenvalue weighted by molar-refractivity contribution is 5.92. The molecule has 26 heavy (non-hydrogen) atoms. The molecule has 4 nitrogen and oxygen atoms in total. The highest BCUT2D eigenvalue weighted by Crippen LogP contribution is 2.39. The van der Waals surface area contributed by atoms with Gasteiger partial charge in [-0.1, -0.05) is 12.1 Å². The van der Waals surface area contributed by atoms with Gasteiger partial charge in [0.1, 0.15) is 17.3 Å². The third-order valence-electron chi connectivity index (χ3n) is 4.62. The molecule has 1 unspecified atom stereocenters. The summed E-state index contributed by atoms with van der Waals surface area (Å²) in [5.41, 5.74) is 1.74. The molecule has 136 valence electrons. The van der Waals surface area contributed by atoms with Gasteiger partial charge in [-0.2, -0.15) is 0 Å². The van der Waals surface area contributed by atoms with Crippen LogP contribution >= 0.6 is 0 Å². The van der Waals surface area contributed by atoms with Gasteiger partial charge >= 0.3 is 0 Å². The minimum Gasteiger partial charge on any atom is -0.497 e. The Hall–Kier alpha value is -2.82. The quantitative estimate of drug-likeness (QED) is 0.754. The summed E-state index contributed by atoms with van der Waals surface area (Å²) in [4.78, 5) is 14.6. The number of ether oxygens (including phenoxy) is 2. The van der Waals surface area contributed by atoms with Crippen LogP contribution in [0.25, 0.3) is 6.08 Å². The van der Waals surface area contributed by atoms with Crippen molar-refractivity contribution in [3.63, 3.8) is 0 Å². The van der Waals surface area contributed by atoms with Crippen molar-refractivity contribution in [2.24, 2.45) is 0 Å². The van der Waals surface area contributed by atoms with Crippen LogP contribution in [0.1, 0.15) is 30.0 Å². The van der Waals surface area contributed by atoms with Gasteiger partial charge in [0.25, 0.3) is 0 Å². The topological polar surface area (TPSA) is 38.8 Å². The summed E-state index contributed by atoms with van der Waals surface area (Å²) < 4.78 is 23.8. The molecular weight excluding hydrogens is 333 g/mol. The third-order valence-corrected chi connectivity index (χ3v) is 4.62. The van der Waals surface area contributed by atoms with Crippen molar-refractivity contribution in [1.82, 2.24) is 4.90 Å².